The molecular formula is C29H30O6. The predicted molar refractivity (Wildman–Crippen MR) is 138 cm³/mol. The molecular weight excluding hydrogens is 444 g/mol. The van der Waals surface area contributed by atoms with Crippen LogP contribution in [0.15, 0.2) is 66.7 Å². The highest BCUT2D eigenvalue weighted by atomic mass is 16.5. The lowest BCUT2D eigenvalue weighted by atomic mass is 10.1. The minimum absolute atomic E-state index is 0.0872. The Kier molecular flexibility index (Phi) is 8.95. The lowest BCUT2D eigenvalue weighted by molar-refractivity contribution is 0.104. The number of allylic oxidation sites excluding steroid dienone is 2. The summed E-state index contributed by atoms with van der Waals surface area (Å²) in [6, 6.07) is 17.1. The van der Waals surface area contributed by atoms with Crippen molar-refractivity contribution in [2.45, 2.75) is 6.42 Å². The van der Waals surface area contributed by atoms with Crippen molar-refractivity contribution in [2.75, 3.05) is 35.5 Å². The van der Waals surface area contributed by atoms with Gasteiger partial charge in [0.05, 0.1) is 35.5 Å². The number of methoxy groups -OCH3 is 5. The summed E-state index contributed by atoms with van der Waals surface area (Å²) in [5.41, 5.74) is 3.63. The highest BCUT2D eigenvalue weighted by molar-refractivity contribution is 6.04. The smallest absolute Gasteiger partial charge is 0.203 e. The van der Waals surface area contributed by atoms with Gasteiger partial charge < -0.3 is 23.7 Å². The van der Waals surface area contributed by atoms with Gasteiger partial charge in [-0.3, -0.25) is 4.79 Å². The monoisotopic (exact) mass is 474 g/mol. The number of hydrogen-bond acceptors (Lipinski definition) is 6. The predicted octanol–water partition coefficient (Wildman–Crippen LogP) is 5.88. The fourth-order valence-corrected chi connectivity index (χ4v) is 3.54. The SMILES string of the molecule is COc1ccc(C(=O)/C=C\Cc2ccc(/C=C\c3cc(OC)c(OC)c(OC)c3)cc2)cc1OC. The van der Waals surface area contributed by atoms with E-state index in [2.05, 4.69) is 0 Å². The van der Waals surface area contributed by atoms with Crippen molar-refractivity contribution in [1.82, 2.24) is 0 Å². The first-order chi connectivity index (χ1) is 17.0. The molecule has 0 amide bonds. The summed E-state index contributed by atoms with van der Waals surface area (Å²) in [7, 11) is 7.89. The second kappa shape index (κ2) is 12.3. The van der Waals surface area contributed by atoms with Crippen LogP contribution in [0.3, 0.4) is 0 Å². The van der Waals surface area contributed by atoms with Gasteiger partial charge in [-0.15, -0.1) is 0 Å². The van der Waals surface area contributed by atoms with E-state index in [0.29, 0.717) is 40.7 Å². The Bertz CT molecular complexity index is 1180. The molecule has 3 aromatic rings. The molecule has 0 aliphatic carbocycles. The van der Waals surface area contributed by atoms with E-state index in [-0.39, 0.29) is 5.78 Å². The van der Waals surface area contributed by atoms with Gasteiger partial charge in [0.15, 0.2) is 28.8 Å². The molecule has 0 spiro atoms. The van der Waals surface area contributed by atoms with Crippen LogP contribution in [0, 0.1) is 0 Å². The highest BCUT2D eigenvalue weighted by Gasteiger charge is 2.12. The first-order valence-corrected chi connectivity index (χ1v) is 11.0. The zero-order chi connectivity index (χ0) is 25.2. The third-order valence-corrected chi connectivity index (χ3v) is 5.43. The highest BCUT2D eigenvalue weighted by Crippen LogP contribution is 2.38. The summed E-state index contributed by atoms with van der Waals surface area (Å²) in [6.07, 6.45) is 8.09. The van der Waals surface area contributed by atoms with E-state index in [1.807, 2.05) is 54.6 Å². The van der Waals surface area contributed by atoms with E-state index in [1.165, 1.54) is 0 Å². The van der Waals surface area contributed by atoms with Gasteiger partial charge in [0.1, 0.15) is 0 Å². The Labute approximate surface area is 206 Å². The molecule has 0 aliphatic rings. The first kappa shape index (κ1) is 25.4. The Morgan fingerprint density at radius 2 is 1.26 bits per heavy atom. The van der Waals surface area contributed by atoms with Crippen LogP contribution >= 0.6 is 0 Å². The number of carbonyl (C=O) groups is 1. The Morgan fingerprint density at radius 1 is 0.657 bits per heavy atom. The maximum Gasteiger partial charge on any atom is 0.203 e. The summed E-state index contributed by atoms with van der Waals surface area (Å²) in [5.74, 6) is 2.81. The molecule has 0 unspecified atom stereocenters. The van der Waals surface area contributed by atoms with Crippen molar-refractivity contribution < 1.29 is 28.5 Å². The van der Waals surface area contributed by atoms with E-state index >= 15 is 0 Å². The van der Waals surface area contributed by atoms with Gasteiger partial charge in [0, 0.05) is 5.56 Å². The molecule has 6 nitrogen and oxygen atoms in total. The minimum Gasteiger partial charge on any atom is -0.493 e. The fourth-order valence-electron chi connectivity index (χ4n) is 3.54. The van der Waals surface area contributed by atoms with Gasteiger partial charge in [-0.05, 0) is 59.5 Å². The number of ketones is 1. The van der Waals surface area contributed by atoms with Crippen LogP contribution < -0.4 is 23.7 Å². The largest absolute Gasteiger partial charge is 0.493 e. The molecule has 0 N–H and O–H groups in total. The number of hydrogen-bond donors (Lipinski definition) is 0. The summed E-state index contributed by atoms with van der Waals surface area (Å²) in [5, 5.41) is 0. The molecule has 0 heterocycles. The van der Waals surface area contributed by atoms with E-state index in [9.17, 15) is 4.79 Å². The molecule has 0 saturated carbocycles. The minimum atomic E-state index is -0.0872. The number of ether oxygens (including phenoxy) is 5. The molecule has 0 saturated heterocycles. The summed E-state index contributed by atoms with van der Waals surface area (Å²) in [6.45, 7) is 0. The van der Waals surface area contributed by atoms with Crippen molar-refractivity contribution in [3.05, 3.63) is 89.0 Å². The van der Waals surface area contributed by atoms with Crippen LogP contribution in [0.5, 0.6) is 28.7 Å². The Balaban J connectivity index is 1.64. The van der Waals surface area contributed by atoms with E-state index in [0.717, 1.165) is 16.7 Å². The molecule has 0 radical (unpaired) electrons. The molecule has 35 heavy (non-hydrogen) atoms. The van der Waals surface area contributed by atoms with E-state index < -0.39 is 0 Å². The zero-order valence-electron chi connectivity index (χ0n) is 20.7. The molecule has 0 atom stereocenters. The molecule has 0 aromatic heterocycles. The van der Waals surface area contributed by atoms with Crippen molar-refractivity contribution >= 4 is 17.9 Å². The van der Waals surface area contributed by atoms with Crippen molar-refractivity contribution in [3.8, 4) is 28.7 Å². The van der Waals surface area contributed by atoms with Gasteiger partial charge in [-0.1, -0.05) is 42.5 Å². The van der Waals surface area contributed by atoms with Gasteiger partial charge in [-0.2, -0.15) is 0 Å². The van der Waals surface area contributed by atoms with Crippen LogP contribution in [0.2, 0.25) is 0 Å². The van der Waals surface area contributed by atoms with Crippen molar-refractivity contribution in [2.24, 2.45) is 0 Å². The maximum atomic E-state index is 12.5. The quantitative estimate of drug-likeness (QED) is 0.196. The van der Waals surface area contributed by atoms with Crippen LogP contribution in [-0.2, 0) is 6.42 Å². The van der Waals surface area contributed by atoms with E-state index in [1.54, 1.807) is 59.8 Å². The second-order valence-electron chi connectivity index (χ2n) is 7.57. The average Bonchev–Trinajstić information content (AvgIpc) is 2.91. The van der Waals surface area contributed by atoms with Crippen molar-refractivity contribution in [3.63, 3.8) is 0 Å². The Morgan fingerprint density at radius 3 is 1.83 bits per heavy atom. The van der Waals surface area contributed by atoms with Gasteiger partial charge in [-0.25, -0.2) is 0 Å². The average molecular weight is 475 g/mol. The molecule has 0 fully saturated rings. The van der Waals surface area contributed by atoms with Gasteiger partial charge in [0.2, 0.25) is 5.75 Å². The molecule has 3 aromatic carbocycles. The summed E-state index contributed by atoms with van der Waals surface area (Å²) < 4.78 is 26.7. The van der Waals surface area contributed by atoms with Crippen LogP contribution in [0.4, 0.5) is 0 Å². The molecule has 0 aliphatic heterocycles. The van der Waals surface area contributed by atoms with Gasteiger partial charge in [0.25, 0.3) is 0 Å². The second-order valence-corrected chi connectivity index (χ2v) is 7.57. The third-order valence-electron chi connectivity index (χ3n) is 5.43. The molecule has 3 rings (SSSR count). The topological polar surface area (TPSA) is 63.2 Å². The molecule has 182 valence electrons. The lowest BCUT2D eigenvalue weighted by Gasteiger charge is -2.12. The standard InChI is InChI=1S/C29H30O6/c1-31-25-16-15-23(19-26(25)32-2)24(30)8-6-7-20-9-11-21(12-10-20)13-14-22-17-27(33-3)29(35-5)28(18-22)34-4/h6,8-19H,7H2,1-5H3/b8-6-,14-13-. The number of carbonyl (C=O) groups excluding carboxylic acids is 1. The molecule has 0 bridgehead atoms. The van der Waals surface area contributed by atoms with E-state index in [4.69, 9.17) is 23.7 Å². The summed E-state index contributed by atoms with van der Waals surface area (Å²) >= 11 is 0. The van der Waals surface area contributed by atoms with Crippen LogP contribution in [-0.4, -0.2) is 41.3 Å². The fraction of sp³-hybridized carbons (Fsp3) is 0.207. The van der Waals surface area contributed by atoms with Crippen LogP contribution in [0.25, 0.3) is 12.2 Å². The third kappa shape index (κ3) is 6.44. The summed E-state index contributed by atoms with van der Waals surface area (Å²) in [4.78, 5) is 12.5. The van der Waals surface area contributed by atoms with Crippen molar-refractivity contribution in [1.29, 1.82) is 0 Å². The van der Waals surface area contributed by atoms with Crippen LogP contribution in [0.1, 0.15) is 27.0 Å². The number of benzene rings is 3. The normalized spacial score (nSPS) is 11.0. The zero-order valence-corrected chi connectivity index (χ0v) is 20.7. The first-order valence-electron chi connectivity index (χ1n) is 11.0. The number of rotatable bonds is 11. The maximum absolute atomic E-state index is 12.5. The Hall–Kier alpha value is -4.19. The van der Waals surface area contributed by atoms with Gasteiger partial charge >= 0.3 is 0 Å². The molecule has 6 heteroatoms. The lowest BCUT2D eigenvalue weighted by Crippen LogP contribution is -1.97.